The number of rotatable bonds is 5. The van der Waals surface area contributed by atoms with Gasteiger partial charge in [-0.2, -0.15) is 0 Å². The zero-order valence-corrected chi connectivity index (χ0v) is 11.9. The van der Waals surface area contributed by atoms with Gasteiger partial charge in [0.15, 0.2) is 0 Å². The van der Waals surface area contributed by atoms with Gasteiger partial charge >= 0.3 is 5.97 Å². The molecule has 110 valence electrons. The summed E-state index contributed by atoms with van der Waals surface area (Å²) in [6, 6.07) is 5.69. The molecule has 3 rings (SSSR count). The number of imidazole rings is 1. The first kappa shape index (κ1) is 13.6. The van der Waals surface area contributed by atoms with Gasteiger partial charge in [-0.15, -0.1) is 0 Å². The lowest BCUT2D eigenvalue weighted by Crippen LogP contribution is -2.38. The SMILES string of the molecule is CCOC(=O)CN(C(=O)c1cnc2ccccn12)C1CC1. The third-order valence-corrected chi connectivity index (χ3v) is 3.49. The minimum atomic E-state index is -0.369. The van der Waals surface area contributed by atoms with E-state index in [1.165, 1.54) is 0 Å². The van der Waals surface area contributed by atoms with Crippen LogP contribution in [0.1, 0.15) is 30.3 Å². The summed E-state index contributed by atoms with van der Waals surface area (Å²) in [7, 11) is 0. The van der Waals surface area contributed by atoms with Gasteiger partial charge in [-0.3, -0.25) is 14.0 Å². The average molecular weight is 287 g/mol. The van der Waals surface area contributed by atoms with Crippen molar-refractivity contribution < 1.29 is 14.3 Å². The van der Waals surface area contributed by atoms with Crippen LogP contribution in [0.25, 0.3) is 5.65 Å². The van der Waals surface area contributed by atoms with Crippen LogP contribution in [-0.2, 0) is 9.53 Å². The van der Waals surface area contributed by atoms with E-state index in [2.05, 4.69) is 4.98 Å². The van der Waals surface area contributed by atoms with E-state index < -0.39 is 0 Å². The first-order chi connectivity index (χ1) is 10.2. The van der Waals surface area contributed by atoms with E-state index in [0.29, 0.717) is 17.9 Å². The van der Waals surface area contributed by atoms with Crippen LogP contribution in [0.3, 0.4) is 0 Å². The molecule has 1 aliphatic rings. The smallest absolute Gasteiger partial charge is 0.325 e. The first-order valence-corrected chi connectivity index (χ1v) is 7.09. The number of amides is 1. The molecule has 0 bridgehead atoms. The van der Waals surface area contributed by atoms with Gasteiger partial charge in [0.2, 0.25) is 0 Å². The number of hydrogen-bond acceptors (Lipinski definition) is 4. The highest BCUT2D eigenvalue weighted by atomic mass is 16.5. The van der Waals surface area contributed by atoms with Gasteiger partial charge < -0.3 is 9.64 Å². The predicted molar refractivity (Wildman–Crippen MR) is 75.9 cm³/mol. The van der Waals surface area contributed by atoms with E-state index in [0.717, 1.165) is 12.8 Å². The molecule has 1 saturated carbocycles. The summed E-state index contributed by atoms with van der Waals surface area (Å²) in [6.07, 6.45) is 5.22. The molecule has 0 N–H and O–H groups in total. The number of esters is 1. The van der Waals surface area contributed by atoms with Crippen LogP contribution in [0.15, 0.2) is 30.6 Å². The molecule has 1 amide bonds. The van der Waals surface area contributed by atoms with Gasteiger partial charge in [-0.1, -0.05) is 6.07 Å². The Bertz CT molecular complexity index is 676. The van der Waals surface area contributed by atoms with Crippen molar-refractivity contribution in [2.75, 3.05) is 13.2 Å². The molecule has 0 spiro atoms. The Morgan fingerprint density at radius 1 is 1.43 bits per heavy atom. The largest absolute Gasteiger partial charge is 0.465 e. The molecule has 0 aliphatic heterocycles. The number of ether oxygens (including phenoxy) is 1. The lowest BCUT2D eigenvalue weighted by atomic mass is 10.3. The number of fused-ring (bicyclic) bond motifs is 1. The molecular formula is C15H17N3O3. The highest BCUT2D eigenvalue weighted by Gasteiger charge is 2.35. The normalized spacial score (nSPS) is 14.1. The van der Waals surface area contributed by atoms with Gasteiger partial charge in [-0.25, -0.2) is 4.98 Å². The molecule has 1 fully saturated rings. The zero-order valence-electron chi connectivity index (χ0n) is 11.9. The summed E-state index contributed by atoms with van der Waals surface area (Å²) in [5.74, 6) is -0.546. The van der Waals surface area contributed by atoms with Crippen LogP contribution < -0.4 is 0 Å². The molecule has 6 nitrogen and oxygen atoms in total. The van der Waals surface area contributed by atoms with Crippen molar-refractivity contribution >= 4 is 17.5 Å². The molecule has 21 heavy (non-hydrogen) atoms. The molecule has 2 aromatic heterocycles. The number of aromatic nitrogens is 2. The monoisotopic (exact) mass is 287 g/mol. The van der Waals surface area contributed by atoms with E-state index in [1.54, 1.807) is 28.6 Å². The quantitative estimate of drug-likeness (QED) is 0.782. The fourth-order valence-electron chi connectivity index (χ4n) is 2.34. The molecule has 0 atom stereocenters. The van der Waals surface area contributed by atoms with Crippen molar-refractivity contribution in [2.45, 2.75) is 25.8 Å². The van der Waals surface area contributed by atoms with Crippen molar-refractivity contribution in [1.29, 1.82) is 0 Å². The summed E-state index contributed by atoms with van der Waals surface area (Å²) in [5, 5.41) is 0. The predicted octanol–water partition coefficient (Wildman–Crippen LogP) is 1.50. The first-order valence-electron chi connectivity index (χ1n) is 7.09. The van der Waals surface area contributed by atoms with Crippen LogP contribution >= 0.6 is 0 Å². The molecule has 0 saturated heterocycles. The molecule has 0 unspecified atom stereocenters. The zero-order chi connectivity index (χ0) is 14.8. The van der Waals surface area contributed by atoms with E-state index in [-0.39, 0.29) is 24.5 Å². The van der Waals surface area contributed by atoms with Crippen molar-refractivity contribution in [3.63, 3.8) is 0 Å². The fourth-order valence-corrected chi connectivity index (χ4v) is 2.34. The summed E-state index contributed by atoms with van der Waals surface area (Å²) in [6.45, 7) is 2.07. The Kier molecular flexibility index (Phi) is 3.60. The summed E-state index contributed by atoms with van der Waals surface area (Å²) < 4.78 is 6.69. The Balaban J connectivity index is 1.85. The Morgan fingerprint density at radius 3 is 2.95 bits per heavy atom. The van der Waals surface area contributed by atoms with Crippen molar-refractivity contribution in [1.82, 2.24) is 14.3 Å². The highest BCUT2D eigenvalue weighted by molar-refractivity contribution is 5.95. The lowest BCUT2D eigenvalue weighted by Gasteiger charge is -2.20. The van der Waals surface area contributed by atoms with Crippen LogP contribution in [0.4, 0.5) is 0 Å². The van der Waals surface area contributed by atoms with E-state index in [1.807, 2.05) is 18.2 Å². The van der Waals surface area contributed by atoms with Crippen molar-refractivity contribution in [2.24, 2.45) is 0 Å². The number of carbonyl (C=O) groups is 2. The Hall–Kier alpha value is -2.37. The van der Waals surface area contributed by atoms with Gasteiger partial charge in [-0.05, 0) is 31.9 Å². The second-order valence-corrected chi connectivity index (χ2v) is 5.04. The second-order valence-electron chi connectivity index (χ2n) is 5.04. The minimum absolute atomic E-state index is 0.00257. The second kappa shape index (κ2) is 5.55. The van der Waals surface area contributed by atoms with Gasteiger partial charge in [0, 0.05) is 12.2 Å². The maximum Gasteiger partial charge on any atom is 0.325 e. The van der Waals surface area contributed by atoms with Gasteiger partial charge in [0.05, 0.1) is 12.8 Å². The number of pyridine rings is 1. The number of carbonyl (C=O) groups excluding carboxylic acids is 2. The van der Waals surface area contributed by atoms with E-state index in [9.17, 15) is 9.59 Å². The molecule has 6 heteroatoms. The molecule has 2 aromatic rings. The lowest BCUT2D eigenvalue weighted by molar-refractivity contribution is -0.144. The van der Waals surface area contributed by atoms with E-state index >= 15 is 0 Å². The summed E-state index contributed by atoms with van der Waals surface area (Å²) in [4.78, 5) is 30.2. The van der Waals surface area contributed by atoms with Crippen LogP contribution in [0.5, 0.6) is 0 Å². The fraction of sp³-hybridized carbons (Fsp3) is 0.400. The Morgan fingerprint density at radius 2 is 2.24 bits per heavy atom. The number of nitrogens with zero attached hydrogens (tertiary/aromatic N) is 3. The standard InChI is InChI=1S/C15H17N3O3/c1-2-21-14(19)10-18(11-6-7-11)15(20)12-9-16-13-5-3-4-8-17(12)13/h3-5,8-9,11H,2,6-7,10H2,1H3. The highest BCUT2D eigenvalue weighted by Crippen LogP contribution is 2.28. The van der Waals surface area contributed by atoms with E-state index in [4.69, 9.17) is 4.74 Å². The van der Waals surface area contributed by atoms with Crippen LogP contribution in [0, 0.1) is 0 Å². The maximum absolute atomic E-state index is 12.7. The van der Waals surface area contributed by atoms with Crippen molar-refractivity contribution in [3.8, 4) is 0 Å². The third-order valence-electron chi connectivity index (χ3n) is 3.49. The summed E-state index contributed by atoms with van der Waals surface area (Å²) >= 11 is 0. The number of hydrogen-bond donors (Lipinski definition) is 0. The van der Waals surface area contributed by atoms with Crippen molar-refractivity contribution in [3.05, 3.63) is 36.3 Å². The minimum Gasteiger partial charge on any atom is -0.465 e. The van der Waals surface area contributed by atoms with Crippen LogP contribution in [0.2, 0.25) is 0 Å². The van der Waals surface area contributed by atoms with Gasteiger partial charge in [0.25, 0.3) is 5.91 Å². The van der Waals surface area contributed by atoms with Crippen LogP contribution in [-0.4, -0.2) is 45.4 Å². The molecule has 0 aromatic carbocycles. The molecule has 0 radical (unpaired) electrons. The van der Waals surface area contributed by atoms with Gasteiger partial charge in [0.1, 0.15) is 17.9 Å². The topological polar surface area (TPSA) is 63.9 Å². The molecular weight excluding hydrogens is 270 g/mol. The molecule has 1 aliphatic carbocycles. The Labute approximate surface area is 122 Å². The third kappa shape index (κ3) is 2.74. The maximum atomic E-state index is 12.7. The molecule has 2 heterocycles. The average Bonchev–Trinajstić information content (AvgIpc) is 3.23. The summed E-state index contributed by atoms with van der Waals surface area (Å²) in [5.41, 5.74) is 1.19.